The largest absolute Gasteiger partial charge is 0.426 e. The molecule has 5 aromatic carbocycles. The normalized spacial score (nSPS) is 11.7. The van der Waals surface area contributed by atoms with E-state index in [4.69, 9.17) is 14.2 Å². The molecule has 5 aromatic rings. The quantitative estimate of drug-likeness (QED) is 0.0997. The first-order chi connectivity index (χ1) is 21.3. The third-order valence-electron chi connectivity index (χ3n) is 7.98. The van der Waals surface area contributed by atoms with E-state index in [1.54, 1.807) is 45.9 Å². The van der Waals surface area contributed by atoms with Gasteiger partial charge in [-0.05, 0) is 104 Å². The van der Waals surface area contributed by atoms with Gasteiger partial charge in [0.1, 0.15) is 17.2 Å². The maximum Gasteiger partial charge on any atom is 0.343 e. The van der Waals surface area contributed by atoms with Crippen molar-refractivity contribution in [2.45, 2.75) is 67.2 Å². The molecule has 0 bridgehead atoms. The number of carbonyl (C=O) groups is 3. The van der Waals surface area contributed by atoms with Gasteiger partial charge in [-0.3, -0.25) is 9.59 Å². The summed E-state index contributed by atoms with van der Waals surface area (Å²) < 4.78 is 17.3. The maximum absolute atomic E-state index is 13.5. The standard InChI is InChI=1S/C39H40O6/c1-21(2)25-15-26(22(3)4)17-27(16-25)39(42)45-30-11-14-33-35-19-28(43-37(40)23(5)6)9-12-31(35)34-18-29(44-38(41)24(7)8)10-13-32(34)36(33)20-30/h9-24H,1-8H3. The monoisotopic (exact) mass is 604 g/mol. The van der Waals surface area contributed by atoms with Gasteiger partial charge in [0.15, 0.2) is 0 Å². The van der Waals surface area contributed by atoms with Crippen molar-refractivity contribution in [3.63, 3.8) is 0 Å². The van der Waals surface area contributed by atoms with Gasteiger partial charge in [0, 0.05) is 0 Å². The van der Waals surface area contributed by atoms with Crippen LogP contribution in [0.1, 0.15) is 88.7 Å². The molecular weight excluding hydrogens is 564 g/mol. The second-order valence-electron chi connectivity index (χ2n) is 12.9. The van der Waals surface area contributed by atoms with Crippen LogP contribution in [0.15, 0.2) is 72.8 Å². The van der Waals surface area contributed by atoms with Crippen molar-refractivity contribution in [1.82, 2.24) is 0 Å². The van der Waals surface area contributed by atoms with Crippen LogP contribution < -0.4 is 14.2 Å². The molecule has 0 unspecified atom stereocenters. The zero-order chi connectivity index (χ0) is 32.6. The minimum atomic E-state index is -0.422. The van der Waals surface area contributed by atoms with Gasteiger partial charge in [-0.2, -0.15) is 0 Å². The van der Waals surface area contributed by atoms with E-state index in [9.17, 15) is 14.4 Å². The van der Waals surface area contributed by atoms with Crippen LogP contribution in [0, 0.1) is 11.8 Å². The zero-order valence-electron chi connectivity index (χ0n) is 27.2. The molecule has 0 N–H and O–H groups in total. The Morgan fingerprint density at radius 1 is 0.444 bits per heavy atom. The Morgan fingerprint density at radius 3 is 1.13 bits per heavy atom. The molecule has 0 fully saturated rings. The van der Waals surface area contributed by atoms with Crippen molar-refractivity contribution in [3.8, 4) is 17.2 Å². The topological polar surface area (TPSA) is 78.9 Å². The van der Waals surface area contributed by atoms with E-state index >= 15 is 0 Å². The van der Waals surface area contributed by atoms with Crippen molar-refractivity contribution < 1.29 is 28.6 Å². The molecule has 0 heterocycles. The first-order valence-corrected chi connectivity index (χ1v) is 15.6. The van der Waals surface area contributed by atoms with Crippen molar-refractivity contribution >= 4 is 50.2 Å². The van der Waals surface area contributed by atoms with E-state index in [-0.39, 0.29) is 35.6 Å². The van der Waals surface area contributed by atoms with Crippen LogP contribution >= 0.6 is 0 Å². The molecule has 0 saturated heterocycles. The van der Waals surface area contributed by atoms with E-state index in [2.05, 4.69) is 33.8 Å². The Labute approximate surface area is 264 Å². The SMILES string of the molecule is CC(C)C(=O)Oc1ccc2c(c1)c1ccc(OC(=O)c3cc(C(C)C)cc(C(C)C)c3)cc1c1ccc(OC(=O)C(C)C)cc12. The van der Waals surface area contributed by atoms with Crippen LogP contribution in [0.2, 0.25) is 0 Å². The van der Waals surface area contributed by atoms with E-state index in [0.29, 0.717) is 22.8 Å². The highest BCUT2D eigenvalue weighted by Crippen LogP contribution is 2.40. The summed E-state index contributed by atoms with van der Waals surface area (Å²) in [5, 5.41) is 5.24. The van der Waals surface area contributed by atoms with Crippen molar-refractivity contribution in [2.75, 3.05) is 0 Å². The Morgan fingerprint density at radius 2 is 0.800 bits per heavy atom. The Bertz CT molecular complexity index is 1860. The Kier molecular flexibility index (Phi) is 8.96. The molecule has 0 atom stereocenters. The highest BCUT2D eigenvalue weighted by molar-refractivity contribution is 6.26. The molecule has 5 rings (SSSR count). The molecule has 45 heavy (non-hydrogen) atoms. The molecule has 0 aliphatic carbocycles. The Hall–Kier alpha value is -4.71. The highest BCUT2D eigenvalue weighted by atomic mass is 16.5. The summed E-state index contributed by atoms with van der Waals surface area (Å²) in [6.07, 6.45) is 0. The molecule has 6 nitrogen and oxygen atoms in total. The van der Waals surface area contributed by atoms with Gasteiger partial charge in [0.25, 0.3) is 0 Å². The van der Waals surface area contributed by atoms with Crippen molar-refractivity contribution in [2.24, 2.45) is 11.8 Å². The van der Waals surface area contributed by atoms with Gasteiger partial charge >= 0.3 is 17.9 Å². The van der Waals surface area contributed by atoms with Crippen LogP contribution in [-0.2, 0) is 9.59 Å². The summed E-state index contributed by atoms with van der Waals surface area (Å²) in [5.74, 6) is 0.204. The van der Waals surface area contributed by atoms with Crippen LogP contribution in [0.4, 0.5) is 0 Å². The third-order valence-corrected chi connectivity index (χ3v) is 7.98. The molecule has 0 radical (unpaired) electrons. The fourth-order valence-corrected chi connectivity index (χ4v) is 5.23. The molecule has 0 amide bonds. The predicted molar refractivity (Wildman–Crippen MR) is 179 cm³/mol. The van der Waals surface area contributed by atoms with Gasteiger partial charge < -0.3 is 14.2 Å². The number of hydrogen-bond donors (Lipinski definition) is 0. The summed E-state index contributed by atoms with van der Waals surface area (Å²) in [5.41, 5.74) is 2.70. The van der Waals surface area contributed by atoms with E-state index in [1.165, 1.54) is 0 Å². The lowest BCUT2D eigenvalue weighted by Gasteiger charge is -2.16. The van der Waals surface area contributed by atoms with Gasteiger partial charge in [0.2, 0.25) is 0 Å². The summed E-state index contributed by atoms with van der Waals surface area (Å²) in [6, 6.07) is 22.6. The third kappa shape index (κ3) is 6.70. The smallest absolute Gasteiger partial charge is 0.343 e. The molecular formula is C39H40O6. The molecule has 0 aliphatic rings. The lowest BCUT2D eigenvalue weighted by atomic mass is 9.93. The maximum atomic E-state index is 13.5. The molecule has 232 valence electrons. The van der Waals surface area contributed by atoms with Gasteiger partial charge in [-0.25, -0.2) is 4.79 Å². The van der Waals surface area contributed by atoms with Crippen LogP contribution in [0.3, 0.4) is 0 Å². The molecule has 6 heteroatoms. The van der Waals surface area contributed by atoms with Crippen LogP contribution in [0.25, 0.3) is 32.3 Å². The highest BCUT2D eigenvalue weighted by Gasteiger charge is 2.18. The summed E-state index contributed by atoms with van der Waals surface area (Å²) in [7, 11) is 0. The summed E-state index contributed by atoms with van der Waals surface area (Å²) in [6.45, 7) is 15.6. The number of benzene rings is 5. The second kappa shape index (κ2) is 12.7. The number of rotatable bonds is 8. The first kappa shape index (κ1) is 31.7. The first-order valence-electron chi connectivity index (χ1n) is 15.6. The van der Waals surface area contributed by atoms with Crippen molar-refractivity contribution in [3.05, 3.63) is 89.5 Å². The molecule has 0 aromatic heterocycles. The number of carbonyl (C=O) groups excluding carboxylic acids is 3. The lowest BCUT2D eigenvalue weighted by molar-refractivity contribution is -0.138. The van der Waals surface area contributed by atoms with E-state index in [1.807, 2.05) is 48.5 Å². The fraction of sp³-hybridized carbons (Fsp3) is 0.308. The van der Waals surface area contributed by atoms with Crippen LogP contribution in [0.5, 0.6) is 17.2 Å². The minimum Gasteiger partial charge on any atom is -0.426 e. The van der Waals surface area contributed by atoms with E-state index in [0.717, 1.165) is 43.4 Å². The molecule has 0 spiro atoms. The summed E-state index contributed by atoms with van der Waals surface area (Å²) in [4.78, 5) is 38.2. The lowest BCUT2D eigenvalue weighted by Crippen LogP contribution is -2.14. The molecule has 0 aliphatic heterocycles. The Balaban J connectivity index is 1.64. The predicted octanol–water partition coefficient (Wildman–Crippen LogP) is 9.73. The number of hydrogen-bond acceptors (Lipinski definition) is 6. The number of esters is 3. The zero-order valence-corrected chi connectivity index (χ0v) is 27.2. The van der Waals surface area contributed by atoms with Crippen LogP contribution in [-0.4, -0.2) is 17.9 Å². The number of ether oxygens (including phenoxy) is 3. The fourth-order valence-electron chi connectivity index (χ4n) is 5.23. The average molecular weight is 605 g/mol. The summed E-state index contributed by atoms with van der Waals surface area (Å²) >= 11 is 0. The van der Waals surface area contributed by atoms with Crippen molar-refractivity contribution in [1.29, 1.82) is 0 Å². The van der Waals surface area contributed by atoms with Gasteiger partial charge in [0.05, 0.1) is 17.4 Å². The average Bonchev–Trinajstić information content (AvgIpc) is 3.00. The molecule has 0 saturated carbocycles. The second-order valence-corrected chi connectivity index (χ2v) is 12.9. The minimum absolute atomic E-state index is 0.268. The van der Waals surface area contributed by atoms with Gasteiger partial charge in [-0.1, -0.05) is 79.7 Å². The van der Waals surface area contributed by atoms with E-state index < -0.39 is 5.97 Å². The van der Waals surface area contributed by atoms with Gasteiger partial charge in [-0.15, -0.1) is 0 Å². The number of fused-ring (bicyclic) bond motifs is 6.